The van der Waals surface area contributed by atoms with Crippen LogP contribution in [0, 0.1) is 0 Å². The standard InChI is InChI=1S/C14H13BrN2O3S/c15-9-10-5-7-11(8-6-10)21(19,20)17-13-4-2-1-3-12(13)14(16)18/h1-8,17H,9H2,(H2,16,18). The Bertz CT molecular complexity index is 758. The lowest BCUT2D eigenvalue weighted by atomic mass is 10.2. The summed E-state index contributed by atoms with van der Waals surface area (Å²) >= 11 is 3.30. The van der Waals surface area contributed by atoms with Crippen molar-refractivity contribution in [3.63, 3.8) is 0 Å². The van der Waals surface area contributed by atoms with Crippen molar-refractivity contribution in [3.05, 3.63) is 59.7 Å². The van der Waals surface area contributed by atoms with E-state index in [4.69, 9.17) is 5.73 Å². The van der Waals surface area contributed by atoms with Crippen LogP contribution >= 0.6 is 15.9 Å². The summed E-state index contributed by atoms with van der Waals surface area (Å²) in [7, 11) is -3.77. The molecule has 0 saturated heterocycles. The van der Waals surface area contributed by atoms with E-state index in [1.54, 1.807) is 24.3 Å². The van der Waals surface area contributed by atoms with E-state index in [2.05, 4.69) is 20.7 Å². The zero-order valence-electron chi connectivity index (χ0n) is 10.9. The first-order valence-corrected chi connectivity index (χ1v) is 8.61. The van der Waals surface area contributed by atoms with Crippen molar-refractivity contribution < 1.29 is 13.2 Å². The average molecular weight is 369 g/mol. The molecule has 0 saturated carbocycles. The van der Waals surface area contributed by atoms with Crippen LogP contribution in [-0.4, -0.2) is 14.3 Å². The molecule has 0 spiro atoms. The number of primary amides is 1. The molecule has 110 valence electrons. The number of carbonyl (C=O) groups is 1. The lowest BCUT2D eigenvalue weighted by molar-refractivity contribution is 0.100. The molecule has 0 heterocycles. The minimum absolute atomic E-state index is 0.117. The van der Waals surface area contributed by atoms with Gasteiger partial charge in [-0.2, -0.15) is 0 Å². The third-order valence-electron chi connectivity index (χ3n) is 2.82. The normalized spacial score (nSPS) is 11.1. The fourth-order valence-electron chi connectivity index (χ4n) is 1.75. The predicted octanol–water partition coefficient (Wildman–Crippen LogP) is 2.48. The van der Waals surface area contributed by atoms with Gasteiger partial charge in [0.15, 0.2) is 0 Å². The van der Waals surface area contributed by atoms with Crippen LogP contribution < -0.4 is 10.5 Å². The zero-order chi connectivity index (χ0) is 15.5. The number of amides is 1. The topological polar surface area (TPSA) is 89.3 Å². The Morgan fingerprint density at radius 2 is 1.71 bits per heavy atom. The van der Waals surface area contributed by atoms with E-state index in [9.17, 15) is 13.2 Å². The number of hydrogen-bond donors (Lipinski definition) is 2. The molecule has 3 N–H and O–H groups in total. The highest BCUT2D eigenvalue weighted by Gasteiger charge is 2.17. The molecule has 0 aliphatic rings. The molecular weight excluding hydrogens is 356 g/mol. The Morgan fingerprint density at radius 1 is 1.10 bits per heavy atom. The van der Waals surface area contributed by atoms with Gasteiger partial charge in [-0.15, -0.1) is 0 Å². The number of nitrogens with one attached hydrogen (secondary N) is 1. The van der Waals surface area contributed by atoms with Gasteiger partial charge in [0.05, 0.1) is 16.1 Å². The van der Waals surface area contributed by atoms with Crippen LogP contribution in [0.2, 0.25) is 0 Å². The van der Waals surface area contributed by atoms with Crippen LogP contribution in [0.15, 0.2) is 53.4 Å². The highest BCUT2D eigenvalue weighted by molar-refractivity contribution is 9.08. The van der Waals surface area contributed by atoms with Crippen molar-refractivity contribution in [2.75, 3.05) is 4.72 Å². The highest BCUT2D eigenvalue weighted by Crippen LogP contribution is 2.20. The summed E-state index contributed by atoms with van der Waals surface area (Å²) in [6.45, 7) is 0. The molecule has 0 aliphatic heterocycles. The van der Waals surface area contributed by atoms with E-state index in [1.165, 1.54) is 24.3 Å². The SMILES string of the molecule is NC(=O)c1ccccc1NS(=O)(=O)c1ccc(CBr)cc1. The average Bonchev–Trinajstić information content (AvgIpc) is 2.47. The molecule has 1 amide bonds. The monoisotopic (exact) mass is 368 g/mol. The Balaban J connectivity index is 2.35. The van der Waals surface area contributed by atoms with Gasteiger partial charge in [0, 0.05) is 5.33 Å². The molecular formula is C14H13BrN2O3S. The molecule has 0 bridgehead atoms. The Morgan fingerprint density at radius 3 is 2.29 bits per heavy atom. The van der Waals surface area contributed by atoms with Gasteiger partial charge < -0.3 is 5.73 Å². The molecule has 2 aromatic rings. The molecule has 0 aromatic heterocycles. The van der Waals surface area contributed by atoms with Crippen molar-refractivity contribution in [1.82, 2.24) is 0 Å². The first-order chi connectivity index (χ1) is 9.94. The van der Waals surface area contributed by atoms with Crippen molar-refractivity contribution in [3.8, 4) is 0 Å². The first-order valence-electron chi connectivity index (χ1n) is 6.00. The summed E-state index contributed by atoms with van der Waals surface area (Å²) in [6, 6.07) is 12.6. The molecule has 0 aliphatic carbocycles. The number of alkyl halides is 1. The molecule has 2 aromatic carbocycles. The maximum atomic E-state index is 12.3. The van der Waals surface area contributed by atoms with Crippen molar-refractivity contribution in [2.24, 2.45) is 5.73 Å². The number of sulfonamides is 1. The number of hydrogen-bond acceptors (Lipinski definition) is 3. The second-order valence-electron chi connectivity index (χ2n) is 4.29. The van der Waals surface area contributed by atoms with E-state index in [1.807, 2.05) is 0 Å². The van der Waals surface area contributed by atoms with Gasteiger partial charge in [0.1, 0.15) is 0 Å². The van der Waals surface area contributed by atoms with Crippen molar-refractivity contribution >= 4 is 37.5 Å². The fraction of sp³-hybridized carbons (Fsp3) is 0.0714. The van der Waals surface area contributed by atoms with Gasteiger partial charge in [-0.25, -0.2) is 8.42 Å². The van der Waals surface area contributed by atoms with E-state index < -0.39 is 15.9 Å². The predicted molar refractivity (Wildman–Crippen MR) is 84.8 cm³/mol. The third kappa shape index (κ3) is 3.62. The van der Waals surface area contributed by atoms with Gasteiger partial charge in [0.25, 0.3) is 15.9 Å². The third-order valence-corrected chi connectivity index (χ3v) is 4.85. The largest absolute Gasteiger partial charge is 0.366 e. The minimum atomic E-state index is -3.77. The summed E-state index contributed by atoms with van der Waals surface area (Å²) < 4.78 is 27.0. The smallest absolute Gasteiger partial charge is 0.261 e. The number of nitrogens with two attached hydrogens (primary N) is 1. The van der Waals surface area contributed by atoms with Crippen LogP contribution in [-0.2, 0) is 15.4 Å². The molecule has 21 heavy (non-hydrogen) atoms. The van der Waals surface area contributed by atoms with Gasteiger partial charge in [0.2, 0.25) is 0 Å². The summed E-state index contributed by atoms with van der Waals surface area (Å²) in [5.74, 6) is -0.692. The van der Waals surface area contributed by atoms with E-state index in [0.717, 1.165) is 5.56 Å². The lowest BCUT2D eigenvalue weighted by Crippen LogP contribution is -2.18. The van der Waals surface area contributed by atoms with Gasteiger partial charge in [-0.05, 0) is 29.8 Å². The van der Waals surface area contributed by atoms with Crippen molar-refractivity contribution in [1.29, 1.82) is 0 Å². The van der Waals surface area contributed by atoms with E-state index >= 15 is 0 Å². The van der Waals surface area contributed by atoms with E-state index in [0.29, 0.717) is 5.33 Å². The quantitative estimate of drug-likeness (QED) is 0.794. The number of carbonyl (C=O) groups excluding carboxylic acids is 1. The summed E-state index contributed by atoms with van der Waals surface area (Å²) in [5.41, 5.74) is 6.48. The summed E-state index contributed by atoms with van der Waals surface area (Å²) in [4.78, 5) is 11.4. The maximum absolute atomic E-state index is 12.3. The van der Waals surface area contributed by atoms with Crippen LogP contribution in [0.1, 0.15) is 15.9 Å². The first kappa shape index (κ1) is 15.5. The molecule has 0 atom stereocenters. The van der Waals surface area contributed by atoms with Crippen LogP contribution in [0.3, 0.4) is 0 Å². The molecule has 0 radical (unpaired) electrons. The van der Waals surface area contributed by atoms with E-state index in [-0.39, 0.29) is 16.1 Å². The van der Waals surface area contributed by atoms with Crippen LogP contribution in [0.5, 0.6) is 0 Å². The van der Waals surface area contributed by atoms with Crippen LogP contribution in [0.25, 0.3) is 0 Å². The molecule has 5 nitrogen and oxygen atoms in total. The highest BCUT2D eigenvalue weighted by atomic mass is 79.9. The van der Waals surface area contributed by atoms with Crippen molar-refractivity contribution in [2.45, 2.75) is 10.2 Å². The molecule has 0 fully saturated rings. The summed E-state index contributed by atoms with van der Waals surface area (Å²) in [5, 5.41) is 0.644. The zero-order valence-corrected chi connectivity index (χ0v) is 13.3. The molecule has 0 unspecified atom stereocenters. The second-order valence-corrected chi connectivity index (χ2v) is 6.54. The number of rotatable bonds is 5. The molecule has 2 rings (SSSR count). The lowest BCUT2D eigenvalue weighted by Gasteiger charge is -2.11. The van der Waals surface area contributed by atoms with Gasteiger partial charge >= 0.3 is 0 Å². The van der Waals surface area contributed by atoms with Gasteiger partial charge in [-0.1, -0.05) is 40.2 Å². The van der Waals surface area contributed by atoms with Crippen LogP contribution in [0.4, 0.5) is 5.69 Å². The fourth-order valence-corrected chi connectivity index (χ4v) is 3.20. The number of para-hydroxylation sites is 1. The second kappa shape index (κ2) is 6.28. The number of halogens is 1. The molecule has 7 heteroatoms. The minimum Gasteiger partial charge on any atom is -0.366 e. The number of anilines is 1. The summed E-state index contributed by atoms with van der Waals surface area (Å²) in [6.07, 6.45) is 0. The Kier molecular flexibility index (Phi) is 4.64. The Labute approximate surface area is 131 Å². The Hall–Kier alpha value is -1.86. The van der Waals surface area contributed by atoms with Gasteiger partial charge in [-0.3, -0.25) is 9.52 Å². The number of benzene rings is 2. The maximum Gasteiger partial charge on any atom is 0.261 e.